The van der Waals surface area contributed by atoms with Crippen LogP contribution in [0.2, 0.25) is 0 Å². The highest BCUT2D eigenvalue weighted by Gasteiger charge is 2.33. The maximum Gasteiger partial charge on any atom is 0.305 e. The molecule has 0 aliphatic rings. The second-order valence-corrected chi connectivity index (χ2v) is 12.1. The number of fused-ring (bicyclic) bond motifs is 1. The van der Waals surface area contributed by atoms with Gasteiger partial charge in [-0.3, -0.25) is 43.7 Å². The van der Waals surface area contributed by atoms with Gasteiger partial charge in [0, 0.05) is 73.0 Å². The number of amides is 5. The summed E-state index contributed by atoms with van der Waals surface area (Å²) in [5, 5.41) is 42.8. The van der Waals surface area contributed by atoms with E-state index in [-0.39, 0.29) is 24.2 Å². The van der Waals surface area contributed by atoms with Crippen molar-refractivity contribution < 1.29 is 48.7 Å². The fourth-order valence-corrected chi connectivity index (χ4v) is 5.43. The minimum absolute atomic E-state index is 0.000451. The molecule has 0 aliphatic carbocycles. The first-order chi connectivity index (χ1) is 25.7. The number of carboxylic acids is 2. The number of carbonyl (C=O) groups is 7. The monoisotopic (exact) mass is 747 g/mol. The van der Waals surface area contributed by atoms with E-state index in [1.165, 1.54) is 31.6 Å². The average molecular weight is 748 g/mol. The molecule has 20 nitrogen and oxygen atoms in total. The van der Waals surface area contributed by atoms with Crippen molar-refractivity contribution in [2.24, 2.45) is 0 Å². The SMILES string of the molecule is CC(=O)N[C@@H](Cc1c[nH]c2ccccc12)C(=O)N[C@@H](CCC(=O)O)C(=O)N[C@@H](Cc1cnc[nH]1)C(=O)N[C@@H](CC(=O)O)C(=O)Nc1ccc([N+](=O)[O-])cc1. The van der Waals surface area contributed by atoms with Crippen LogP contribution in [0.4, 0.5) is 11.4 Å². The van der Waals surface area contributed by atoms with Crippen molar-refractivity contribution in [3.8, 4) is 0 Å². The molecule has 0 spiro atoms. The summed E-state index contributed by atoms with van der Waals surface area (Å²) in [6, 6.07) is 5.93. The molecule has 0 saturated heterocycles. The number of nitrogens with one attached hydrogen (secondary N) is 7. The van der Waals surface area contributed by atoms with E-state index in [2.05, 4.69) is 41.5 Å². The summed E-state index contributed by atoms with van der Waals surface area (Å²) in [6.45, 7) is 1.20. The lowest BCUT2D eigenvalue weighted by atomic mass is 10.0. The normalized spacial score (nSPS) is 13.1. The molecule has 0 saturated carbocycles. The molecule has 20 heteroatoms. The fraction of sp³-hybridized carbons (Fsp3) is 0.294. The standard InChI is InChI=1S/C34H37N9O11/c1-18(44)38-26(12-19-15-36-24-5-3-2-4-23(19)24)33(51)40-25(10-11-29(45)46)31(49)41-27(13-21-16-35-17-37-21)34(52)42-28(14-30(47)48)32(50)39-20-6-8-22(9-7-20)43(53)54/h2-9,15-17,25-28,36H,10-14H2,1H3,(H,35,37)(H,38,44)(H,39,50)(H,40,51)(H,41,49)(H,42,52)(H,45,46)(H,47,48)/t25-,26-,27-,28-/m0/s1. The summed E-state index contributed by atoms with van der Waals surface area (Å²) in [5.74, 6) is -7.14. The number of nitrogens with zero attached hydrogens (tertiary/aromatic N) is 2. The molecule has 9 N–H and O–H groups in total. The van der Waals surface area contributed by atoms with Crippen LogP contribution in [-0.4, -0.2) is 95.7 Å². The van der Waals surface area contributed by atoms with Crippen LogP contribution in [0.5, 0.6) is 0 Å². The first kappa shape index (κ1) is 39.7. The number of benzene rings is 2. The Morgan fingerprint density at radius 2 is 1.41 bits per heavy atom. The third-order valence-electron chi connectivity index (χ3n) is 8.04. The Labute approximate surface area is 305 Å². The van der Waals surface area contributed by atoms with Crippen LogP contribution >= 0.6 is 0 Å². The smallest absolute Gasteiger partial charge is 0.305 e. The summed E-state index contributed by atoms with van der Waals surface area (Å²) < 4.78 is 0. The van der Waals surface area contributed by atoms with Gasteiger partial charge in [0.05, 0.1) is 17.7 Å². The van der Waals surface area contributed by atoms with E-state index in [1.54, 1.807) is 12.3 Å². The Morgan fingerprint density at radius 3 is 2.02 bits per heavy atom. The van der Waals surface area contributed by atoms with E-state index < -0.39 is 89.8 Å². The number of nitro benzene ring substituents is 1. The highest BCUT2D eigenvalue weighted by Crippen LogP contribution is 2.20. The molecule has 4 aromatic rings. The summed E-state index contributed by atoms with van der Waals surface area (Å²) in [7, 11) is 0. The van der Waals surface area contributed by atoms with Crippen LogP contribution < -0.4 is 26.6 Å². The molecule has 2 aromatic carbocycles. The Kier molecular flexibility index (Phi) is 13.5. The number of H-pyrrole nitrogens is 2. The molecule has 4 rings (SSSR count). The van der Waals surface area contributed by atoms with Gasteiger partial charge in [-0.05, 0) is 30.2 Å². The maximum atomic E-state index is 13.7. The molecule has 0 radical (unpaired) electrons. The van der Waals surface area contributed by atoms with Crippen molar-refractivity contribution in [1.29, 1.82) is 0 Å². The highest BCUT2D eigenvalue weighted by molar-refractivity contribution is 6.01. The van der Waals surface area contributed by atoms with Crippen LogP contribution in [0.25, 0.3) is 10.9 Å². The zero-order valence-corrected chi connectivity index (χ0v) is 28.7. The van der Waals surface area contributed by atoms with Gasteiger partial charge in [-0.1, -0.05) is 18.2 Å². The number of carbonyl (C=O) groups excluding carboxylic acids is 5. The second-order valence-electron chi connectivity index (χ2n) is 12.1. The van der Waals surface area contributed by atoms with Crippen molar-refractivity contribution in [2.45, 2.75) is 63.2 Å². The van der Waals surface area contributed by atoms with Gasteiger partial charge in [0.15, 0.2) is 0 Å². The molecule has 5 amide bonds. The predicted molar refractivity (Wildman–Crippen MR) is 189 cm³/mol. The van der Waals surface area contributed by atoms with E-state index in [0.29, 0.717) is 11.3 Å². The first-order valence-corrected chi connectivity index (χ1v) is 16.4. The predicted octanol–water partition coefficient (Wildman–Crippen LogP) is 0.522. The molecular formula is C34H37N9O11. The molecular weight excluding hydrogens is 710 g/mol. The highest BCUT2D eigenvalue weighted by atomic mass is 16.6. The number of non-ortho nitro benzene ring substituents is 1. The lowest BCUT2D eigenvalue weighted by Crippen LogP contribution is -2.58. The minimum atomic E-state index is -1.70. The van der Waals surface area contributed by atoms with Crippen molar-refractivity contribution in [3.63, 3.8) is 0 Å². The van der Waals surface area contributed by atoms with Crippen LogP contribution in [0.3, 0.4) is 0 Å². The number of nitro groups is 1. The number of anilines is 1. The second kappa shape index (κ2) is 18.4. The number of aromatic amines is 2. The Morgan fingerprint density at radius 1 is 0.778 bits per heavy atom. The number of rotatable bonds is 19. The quantitative estimate of drug-likeness (QED) is 0.0469. The molecule has 0 unspecified atom stereocenters. The number of aromatic nitrogens is 3. The maximum absolute atomic E-state index is 13.7. The van der Waals surface area contributed by atoms with Crippen LogP contribution in [0, 0.1) is 10.1 Å². The van der Waals surface area contributed by atoms with E-state index >= 15 is 0 Å². The van der Waals surface area contributed by atoms with Crippen LogP contribution in [0.15, 0.2) is 67.3 Å². The third-order valence-corrected chi connectivity index (χ3v) is 8.04. The van der Waals surface area contributed by atoms with Gasteiger partial charge in [-0.25, -0.2) is 4.98 Å². The Hall–Kier alpha value is -7.12. The van der Waals surface area contributed by atoms with Crippen LogP contribution in [-0.2, 0) is 46.4 Å². The number of carboxylic acid groups (broad SMARTS) is 2. The molecule has 284 valence electrons. The molecule has 54 heavy (non-hydrogen) atoms. The lowest BCUT2D eigenvalue weighted by Gasteiger charge is -2.26. The van der Waals surface area contributed by atoms with E-state index in [9.17, 15) is 53.9 Å². The van der Waals surface area contributed by atoms with Crippen molar-refractivity contribution in [1.82, 2.24) is 36.2 Å². The summed E-state index contributed by atoms with van der Waals surface area (Å²) >= 11 is 0. The number of para-hydroxylation sites is 1. The van der Waals surface area contributed by atoms with Gasteiger partial charge in [-0.2, -0.15) is 0 Å². The van der Waals surface area contributed by atoms with Gasteiger partial charge >= 0.3 is 11.9 Å². The van der Waals surface area contributed by atoms with E-state index in [1.807, 2.05) is 18.2 Å². The number of hydrogen-bond acceptors (Lipinski definition) is 10. The van der Waals surface area contributed by atoms with Crippen molar-refractivity contribution >= 4 is 63.8 Å². The molecule has 2 aromatic heterocycles. The lowest BCUT2D eigenvalue weighted by molar-refractivity contribution is -0.384. The molecule has 0 fully saturated rings. The number of imidazole rings is 1. The van der Waals surface area contributed by atoms with Gasteiger partial charge in [0.25, 0.3) is 5.69 Å². The first-order valence-electron chi connectivity index (χ1n) is 16.4. The fourth-order valence-electron chi connectivity index (χ4n) is 5.43. The number of aliphatic carboxylic acids is 2. The molecule has 0 aliphatic heterocycles. The molecule has 0 bridgehead atoms. The van der Waals surface area contributed by atoms with Gasteiger partial charge in [-0.15, -0.1) is 0 Å². The summed E-state index contributed by atoms with van der Waals surface area (Å²) in [4.78, 5) is 109. The Balaban J connectivity index is 1.54. The zero-order chi connectivity index (χ0) is 39.4. The average Bonchev–Trinajstić information content (AvgIpc) is 3.79. The summed E-state index contributed by atoms with van der Waals surface area (Å²) in [5.41, 5.74) is 1.59. The van der Waals surface area contributed by atoms with Gasteiger partial charge in [0.1, 0.15) is 24.2 Å². The van der Waals surface area contributed by atoms with Crippen LogP contribution in [0.1, 0.15) is 37.4 Å². The van der Waals surface area contributed by atoms with Crippen molar-refractivity contribution in [3.05, 3.63) is 88.6 Å². The largest absolute Gasteiger partial charge is 0.481 e. The van der Waals surface area contributed by atoms with Crippen molar-refractivity contribution in [2.75, 3.05) is 5.32 Å². The van der Waals surface area contributed by atoms with Gasteiger partial charge in [0.2, 0.25) is 29.5 Å². The Bertz CT molecular complexity index is 2010. The number of hydrogen-bond donors (Lipinski definition) is 9. The molecule has 4 atom stereocenters. The minimum Gasteiger partial charge on any atom is -0.481 e. The zero-order valence-electron chi connectivity index (χ0n) is 28.7. The third kappa shape index (κ3) is 11.4. The molecule has 2 heterocycles. The van der Waals surface area contributed by atoms with E-state index in [0.717, 1.165) is 23.0 Å². The summed E-state index contributed by atoms with van der Waals surface area (Å²) in [6.07, 6.45) is 2.14. The van der Waals surface area contributed by atoms with Gasteiger partial charge < -0.3 is 46.8 Å². The topological polar surface area (TPSA) is 308 Å². The van der Waals surface area contributed by atoms with E-state index in [4.69, 9.17) is 0 Å².